The Morgan fingerprint density at radius 1 is 1.47 bits per heavy atom. The van der Waals surface area contributed by atoms with Crippen molar-refractivity contribution in [3.8, 4) is 5.75 Å². The van der Waals surface area contributed by atoms with Crippen molar-refractivity contribution in [1.82, 2.24) is 14.5 Å². The normalized spacial score (nSPS) is 15.3. The second-order valence-electron chi connectivity index (χ2n) is 5.18. The first-order chi connectivity index (χ1) is 9.19. The Balaban J connectivity index is 1.87. The molecular weight excluding hydrogens is 258 g/mol. The molecule has 0 bridgehead atoms. The van der Waals surface area contributed by atoms with Gasteiger partial charge in [-0.25, -0.2) is 0 Å². The molecule has 2 aromatic rings. The van der Waals surface area contributed by atoms with Gasteiger partial charge >= 0.3 is 0 Å². The van der Waals surface area contributed by atoms with Crippen molar-refractivity contribution in [3.05, 3.63) is 23.0 Å². The number of H-pyrrole nitrogens is 1. The van der Waals surface area contributed by atoms with Crippen LogP contribution in [-0.2, 0) is 6.54 Å². The molecule has 1 aromatic heterocycles. The molecule has 0 spiro atoms. The van der Waals surface area contributed by atoms with Gasteiger partial charge in [0.25, 0.3) is 0 Å². The molecule has 1 fully saturated rings. The number of ether oxygens (including phenoxy) is 1. The van der Waals surface area contributed by atoms with E-state index in [-0.39, 0.29) is 0 Å². The number of fused-ring (bicyclic) bond motifs is 1. The Labute approximate surface area is 118 Å². The van der Waals surface area contributed by atoms with Crippen LogP contribution in [0.15, 0.2) is 18.2 Å². The Kier molecular flexibility index (Phi) is 3.33. The fraction of sp³-hybridized carbons (Fsp3) is 0.500. The summed E-state index contributed by atoms with van der Waals surface area (Å²) in [6, 6.07) is 6.80. The topological polar surface area (TPSA) is 33.2 Å². The lowest BCUT2D eigenvalue weighted by atomic mass is 10.3. The highest BCUT2D eigenvalue weighted by Gasteiger charge is 2.25. The van der Waals surface area contributed by atoms with Crippen LogP contribution >= 0.6 is 12.2 Å². The summed E-state index contributed by atoms with van der Waals surface area (Å²) in [6.07, 6.45) is 2.67. The van der Waals surface area contributed by atoms with Crippen molar-refractivity contribution in [2.75, 3.05) is 20.7 Å². The number of methoxy groups -OCH3 is 1. The number of rotatable bonds is 5. The van der Waals surface area contributed by atoms with Crippen LogP contribution in [0.25, 0.3) is 11.0 Å². The number of imidazole rings is 1. The van der Waals surface area contributed by atoms with E-state index in [1.807, 2.05) is 18.2 Å². The third kappa shape index (κ3) is 2.53. The third-order valence-electron chi connectivity index (χ3n) is 3.83. The minimum atomic E-state index is 0.785. The molecule has 0 radical (unpaired) electrons. The van der Waals surface area contributed by atoms with Crippen LogP contribution < -0.4 is 4.74 Å². The molecule has 0 amide bonds. The molecule has 102 valence electrons. The zero-order valence-electron chi connectivity index (χ0n) is 11.3. The van der Waals surface area contributed by atoms with Gasteiger partial charge in [-0.1, -0.05) is 0 Å². The van der Waals surface area contributed by atoms with E-state index in [0.29, 0.717) is 0 Å². The quantitative estimate of drug-likeness (QED) is 0.853. The fourth-order valence-corrected chi connectivity index (χ4v) is 2.74. The number of aromatic nitrogens is 2. The highest BCUT2D eigenvalue weighted by Crippen LogP contribution is 2.25. The minimum Gasteiger partial charge on any atom is -0.497 e. The fourth-order valence-electron chi connectivity index (χ4n) is 2.44. The lowest BCUT2D eigenvalue weighted by Crippen LogP contribution is -2.25. The number of benzene rings is 1. The molecule has 19 heavy (non-hydrogen) atoms. The van der Waals surface area contributed by atoms with E-state index >= 15 is 0 Å². The van der Waals surface area contributed by atoms with E-state index in [1.165, 1.54) is 12.8 Å². The summed E-state index contributed by atoms with van der Waals surface area (Å²) in [7, 11) is 3.88. The monoisotopic (exact) mass is 277 g/mol. The number of nitrogens with one attached hydrogen (secondary N) is 1. The molecule has 0 aliphatic heterocycles. The van der Waals surface area contributed by atoms with E-state index in [9.17, 15) is 0 Å². The first-order valence-corrected chi connectivity index (χ1v) is 7.06. The molecule has 1 aliphatic rings. The van der Waals surface area contributed by atoms with Crippen molar-refractivity contribution < 1.29 is 4.74 Å². The number of likely N-dealkylation sites (N-methyl/N-ethyl adjacent to an activating group) is 1. The van der Waals surface area contributed by atoms with Crippen LogP contribution in [0.2, 0.25) is 0 Å². The van der Waals surface area contributed by atoms with Crippen LogP contribution in [0.3, 0.4) is 0 Å². The van der Waals surface area contributed by atoms with Crippen molar-refractivity contribution in [2.45, 2.75) is 25.4 Å². The predicted octanol–water partition coefficient (Wildman–Crippen LogP) is 2.80. The molecule has 0 atom stereocenters. The first-order valence-electron chi connectivity index (χ1n) is 6.66. The largest absolute Gasteiger partial charge is 0.497 e. The number of hydrogen-bond acceptors (Lipinski definition) is 3. The second kappa shape index (κ2) is 4.98. The summed E-state index contributed by atoms with van der Waals surface area (Å²) in [5.41, 5.74) is 2.19. The van der Waals surface area contributed by atoms with Crippen LogP contribution in [0.4, 0.5) is 0 Å². The second-order valence-corrected chi connectivity index (χ2v) is 5.56. The molecule has 1 aliphatic carbocycles. The zero-order valence-corrected chi connectivity index (χ0v) is 12.2. The molecular formula is C14H19N3OS. The Morgan fingerprint density at radius 3 is 2.95 bits per heavy atom. The van der Waals surface area contributed by atoms with Gasteiger partial charge in [-0.2, -0.15) is 0 Å². The first kappa shape index (κ1) is 12.7. The average Bonchev–Trinajstić information content (AvgIpc) is 3.20. The number of nitrogens with zero attached hydrogens (tertiary/aromatic N) is 2. The van der Waals surface area contributed by atoms with Crippen molar-refractivity contribution in [1.29, 1.82) is 0 Å². The van der Waals surface area contributed by atoms with Crippen LogP contribution in [0.1, 0.15) is 12.8 Å². The summed E-state index contributed by atoms with van der Waals surface area (Å²) in [5.74, 6) is 0.866. The molecule has 0 saturated heterocycles. The van der Waals surface area contributed by atoms with Gasteiger partial charge in [-0.05, 0) is 44.2 Å². The number of hydrogen-bond donors (Lipinski definition) is 1. The molecule has 1 N–H and O–H groups in total. The Bertz CT molecular complexity index is 642. The zero-order chi connectivity index (χ0) is 13.4. The van der Waals surface area contributed by atoms with Crippen LogP contribution in [0, 0.1) is 4.77 Å². The lowest BCUT2D eigenvalue weighted by Gasteiger charge is -2.16. The summed E-state index contributed by atoms with van der Waals surface area (Å²) >= 11 is 5.41. The summed E-state index contributed by atoms with van der Waals surface area (Å²) in [5, 5.41) is 0. The van der Waals surface area contributed by atoms with Gasteiger partial charge in [0, 0.05) is 25.2 Å². The van der Waals surface area contributed by atoms with E-state index in [1.54, 1.807) is 7.11 Å². The maximum atomic E-state index is 5.41. The summed E-state index contributed by atoms with van der Waals surface area (Å²) < 4.78 is 8.23. The third-order valence-corrected chi connectivity index (χ3v) is 4.15. The van der Waals surface area contributed by atoms with E-state index in [0.717, 1.165) is 40.7 Å². The SMILES string of the molecule is COc1ccc2[nH]c(=S)n(CCN(C)C3CC3)c2c1. The molecule has 1 saturated carbocycles. The van der Waals surface area contributed by atoms with E-state index in [2.05, 4.69) is 21.5 Å². The average molecular weight is 277 g/mol. The highest BCUT2D eigenvalue weighted by molar-refractivity contribution is 7.71. The van der Waals surface area contributed by atoms with Crippen molar-refractivity contribution >= 4 is 23.3 Å². The predicted molar refractivity (Wildman–Crippen MR) is 79.3 cm³/mol. The van der Waals surface area contributed by atoms with Crippen LogP contribution in [0.5, 0.6) is 5.75 Å². The summed E-state index contributed by atoms with van der Waals surface area (Å²) in [4.78, 5) is 5.67. The van der Waals surface area contributed by atoms with Gasteiger partial charge in [-0.3, -0.25) is 0 Å². The molecule has 0 unspecified atom stereocenters. The van der Waals surface area contributed by atoms with Gasteiger partial charge < -0.3 is 19.2 Å². The highest BCUT2D eigenvalue weighted by atomic mass is 32.1. The van der Waals surface area contributed by atoms with Crippen molar-refractivity contribution in [2.24, 2.45) is 0 Å². The van der Waals surface area contributed by atoms with Gasteiger partial charge in [0.15, 0.2) is 4.77 Å². The minimum absolute atomic E-state index is 0.785. The summed E-state index contributed by atoms with van der Waals surface area (Å²) in [6.45, 7) is 1.95. The van der Waals surface area contributed by atoms with Gasteiger partial charge in [0.2, 0.25) is 0 Å². The molecule has 5 heteroatoms. The number of aromatic amines is 1. The van der Waals surface area contributed by atoms with E-state index in [4.69, 9.17) is 17.0 Å². The Hall–Kier alpha value is -1.33. The van der Waals surface area contributed by atoms with Gasteiger partial charge in [0.05, 0.1) is 18.1 Å². The maximum absolute atomic E-state index is 5.41. The van der Waals surface area contributed by atoms with Gasteiger partial charge in [-0.15, -0.1) is 0 Å². The maximum Gasteiger partial charge on any atom is 0.178 e. The molecule has 4 nitrogen and oxygen atoms in total. The molecule has 1 aromatic carbocycles. The van der Waals surface area contributed by atoms with Crippen molar-refractivity contribution in [3.63, 3.8) is 0 Å². The lowest BCUT2D eigenvalue weighted by molar-refractivity contribution is 0.310. The standard InChI is InChI=1S/C14H19N3OS/c1-16(10-3-4-10)7-8-17-13-9-11(18-2)5-6-12(13)15-14(17)19/h5-6,9-10H,3-4,7-8H2,1-2H3,(H,15,19). The van der Waals surface area contributed by atoms with Crippen LogP contribution in [-0.4, -0.2) is 41.2 Å². The molecule has 1 heterocycles. The smallest absolute Gasteiger partial charge is 0.178 e. The Morgan fingerprint density at radius 2 is 2.26 bits per heavy atom. The van der Waals surface area contributed by atoms with E-state index < -0.39 is 0 Å². The molecule has 3 rings (SSSR count). The van der Waals surface area contributed by atoms with Gasteiger partial charge in [0.1, 0.15) is 5.75 Å².